The van der Waals surface area contributed by atoms with E-state index in [9.17, 15) is 4.39 Å². The Labute approximate surface area is 126 Å². The number of nitrogens with zero attached hydrogens (tertiary/aromatic N) is 2. The van der Waals surface area contributed by atoms with Gasteiger partial charge in [0.25, 0.3) is 0 Å². The lowest BCUT2D eigenvalue weighted by Crippen LogP contribution is -2.47. The van der Waals surface area contributed by atoms with Gasteiger partial charge in [0.05, 0.1) is 6.10 Å². The van der Waals surface area contributed by atoms with Crippen molar-refractivity contribution in [2.75, 3.05) is 44.2 Å². The van der Waals surface area contributed by atoms with Crippen molar-refractivity contribution in [3.63, 3.8) is 0 Å². The Morgan fingerprint density at radius 3 is 2.48 bits per heavy atom. The van der Waals surface area contributed by atoms with Crippen LogP contribution in [0.2, 0.25) is 0 Å². The summed E-state index contributed by atoms with van der Waals surface area (Å²) in [5.41, 5.74) is 1.13. The molecule has 0 radical (unpaired) electrons. The van der Waals surface area contributed by atoms with Crippen LogP contribution in [0.5, 0.6) is 0 Å². The summed E-state index contributed by atoms with van der Waals surface area (Å²) < 4.78 is 18.8. The molecule has 2 saturated heterocycles. The molecule has 0 bridgehead atoms. The minimum Gasteiger partial charge on any atom is -0.378 e. The molecule has 1 atom stereocenters. The van der Waals surface area contributed by atoms with Crippen molar-refractivity contribution in [2.24, 2.45) is 0 Å². The molecule has 2 heterocycles. The molecule has 0 N–H and O–H groups in total. The fraction of sp³-hybridized carbons (Fsp3) is 0.647. The third-order valence-corrected chi connectivity index (χ3v) is 4.61. The number of rotatable bonds is 4. The van der Waals surface area contributed by atoms with E-state index in [2.05, 4.69) is 9.80 Å². The van der Waals surface area contributed by atoms with Crippen LogP contribution in [0.15, 0.2) is 24.3 Å². The molecule has 116 valence electrons. The molecule has 0 amide bonds. The molecule has 2 aliphatic heterocycles. The molecular weight excluding hydrogens is 267 g/mol. The van der Waals surface area contributed by atoms with E-state index >= 15 is 0 Å². The first-order valence-electron chi connectivity index (χ1n) is 8.16. The van der Waals surface area contributed by atoms with Crippen LogP contribution in [0, 0.1) is 5.82 Å². The van der Waals surface area contributed by atoms with Crippen molar-refractivity contribution in [3.05, 3.63) is 30.1 Å². The van der Waals surface area contributed by atoms with E-state index in [4.69, 9.17) is 4.74 Å². The lowest BCUT2D eigenvalue weighted by molar-refractivity contribution is 0.00526. The highest BCUT2D eigenvalue weighted by Gasteiger charge is 2.19. The van der Waals surface area contributed by atoms with Gasteiger partial charge in [-0.3, -0.25) is 4.90 Å². The maximum atomic E-state index is 13.0. The highest BCUT2D eigenvalue weighted by molar-refractivity contribution is 5.46. The number of halogens is 1. The molecule has 0 spiro atoms. The minimum absolute atomic E-state index is 0.162. The molecule has 3 rings (SSSR count). The Bertz CT molecular complexity index is 423. The zero-order chi connectivity index (χ0) is 14.5. The van der Waals surface area contributed by atoms with Crippen molar-refractivity contribution in [3.8, 4) is 0 Å². The molecule has 3 nitrogen and oxygen atoms in total. The Balaban J connectivity index is 1.41. The van der Waals surface area contributed by atoms with Gasteiger partial charge in [-0.15, -0.1) is 0 Å². The Hall–Kier alpha value is -1.13. The molecule has 0 aliphatic carbocycles. The molecule has 21 heavy (non-hydrogen) atoms. The Kier molecular flexibility index (Phi) is 5.09. The average molecular weight is 292 g/mol. The summed E-state index contributed by atoms with van der Waals surface area (Å²) >= 11 is 0. The van der Waals surface area contributed by atoms with Gasteiger partial charge in [0.2, 0.25) is 0 Å². The predicted octanol–water partition coefficient (Wildman–Crippen LogP) is 2.91. The Morgan fingerprint density at radius 1 is 1.05 bits per heavy atom. The molecule has 1 aromatic rings. The van der Waals surface area contributed by atoms with Crippen LogP contribution in [0.1, 0.15) is 25.7 Å². The normalized spacial score (nSPS) is 24.2. The van der Waals surface area contributed by atoms with Crippen LogP contribution in [-0.4, -0.2) is 50.3 Å². The van der Waals surface area contributed by atoms with Gasteiger partial charge in [0.15, 0.2) is 0 Å². The molecule has 2 aliphatic rings. The summed E-state index contributed by atoms with van der Waals surface area (Å²) in [4.78, 5) is 4.87. The highest BCUT2D eigenvalue weighted by Crippen LogP contribution is 2.19. The quantitative estimate of drug-likeness (QED) is 0.848. The number of ether oxygens (including phenoxy) is 1. The third-order valence-electron chi connectivity index (χ3n) is 4.61. The van der Waals surface area contributed by atoms with Gasteiger partial charge in [0, 0.05) is 45.0 Å². The Morgan fingerprint density at radius 2 is 1.81 bits per heavy atom. The van der Waals surface area contributed by atoms with Crippen LogP contribution in [0.3, 0.4) is 0 Å². The summed E-state index contributed by atoms with van der Waals surface area (Å²) in [6, 6.07) is 6.84. The smallest absolute Gasteiger partial charge is 0.123 e. The second kappa shape index (κ2) is 7.23. The zero-order valence-electron chi connectivity index (χ0n) is 12.6. The number of piperazine rings is 1. The largest absolute Gasteiger partial charge is 0.378 e. The maximum Gasteiger partial charge on any atom is 0.123 e. The predicted molar refractivity (Wildman–Crippen MR) is 83.3 cm³/mol. The lowest BCUT2D eigenvalue weighted by atomic mass is 10.1. The SMILES string of the molecule is Fc1ccc(N2CCN(CC[C@H]3CCCCO3)CC2)cc1. The average Bonchev–Trinajstić information content (AvgIpc) is 2.55. The second-order valence-electron chi connectivity index (χ2n) is 6.08. The van der Waals surface area contributed by atoms with Crippen LogP contribution in [0.25, 0.3) is 0 Å². The topological polar surface area (TPSA) is 15.7 Å². The summed E-state index contributed by atoms with van der Waals surface area (Å²) in [5.74, 6) is -0.162. The standard InChI is InChI=1S/C17H25FN2O/c18-15-4-6-16(7-5-15)20-12-10-19(11-13-20)9-8-17-3-1-2-14-21-17/h4-7,17H,1-3,8-14H2/t17-/m1/s1. The van der Waals surface area contributed by atoms with E-state index in [1.807, 2.05) is 12.1 Å². The molecule has 0 saturated carbocycles. The third kappa shape index (κ3) is 4.17. The molecular formula is C17H25FN2O. The highest BCUT2D eigenvalue weighted by atomic mass is 19.1. The maximum absolute atomic E-state index is 13.0. The van der Waals surface area contributed by atoms with E-state index in [1.165, 1.54) is 19.3 Å². The van der Waals surface area contributed by atoms with Crippen LogP contribution in [0.4, 0.5) is 10.1 Å². The number of benzene rings is 1. The molecule has 1 aromatic carbocycles. The summed E-state index contributed by atoms with van der Waals surface area (Å²) in [5, 5.41) is 0. The fourth-order valence-electron chi connectivity index (χ4n) is 3.24. The molecule has 0 unspecified atom stereocenters. The van der Waals surface area contributed by atoms with Crippen LogP contribution in [-0.2, 0) is 4.74 Å². The molecule has 2 fully saturated rings. The number of hydrogen-bond donors (Lipinski definition) is 0. The van der Waals surface area contributed by atoms with Gasteiger partial charge in [0.1, 0.15) is 5.82 Å². The van der Waals surface area contributed by atoms with Crippen molar-refractivity contribution in [1.29, 1.82) is 0 Å². The first-order valence-corrected chi connectivity index (χ1v) is 8.16. The van der Waals surface area contributed by atoms with E-state index in [0.29, 0.717) is 6.10 Å². The molecule has 4 heteroatoms. The first kappa shape index (κ1) is 14.8. The van der Waals surface area contributed by atoms with Gasteiger partial charge in [-0.05, 0) is 49.9 Å². The van der Waals surface area contributed by atoms with Crippen molar-refractivity contribution >= 4 is 5.69 Å². The van der Waals surface area contributed by atoms with Crippen molar-refractivity contribution < 1.29 is 9.13 Å². The van der Waals surface area contributed by atoms with Gasteiger partial charge in [-0.2, -0.15) is 0 Å². The van der Waals surface area contributed by atoms with Crippen molar-refractivity contribution in [2.45, 2.75) is 31.8 Å². The first-order chi connectivity index (χ1) is 10.3. The van der Waals surface area contributed by atoms with Gasteiger partial charge >= 0.3 is 0 Å². The van der Waals surface area contributed by atoms with Crippen LogP contribution >= 0.6 is 0 Å². The minimum atomic E-state index is -0.162. The van der Waals surface area contributed by atoms with E-state index in [0.717, 1.165) is 51.4 Å². The van der Waals surface area contributed by atoms with Gasteiger partial charge in [-0.25, -0.2) is 4.39 Å². The van der Waals surface area contributed by atoms with Crippen LogP contribution < -0.4 is 4.90 Å². The van der Waals surface area contributed by atoms with E-state index in [1.54, 1.807) is 12.1 Å². The summed E-state index contributed by atoms with van der Waals surface area (Å²) in [6.45, 7) is 6.31. The summed E-state index contributed by atoms with van der Waals surface area (Å²) in [7, 11) is 0. The van der Waals surface area contributed by atoms with Gasteiger partial charge in [-0.1, -0.05) is 0 Å². The lowest BCUT2D eigenvalue weighted by Gasteiger charge is -2.37. The number of anilines is 1. The van der Waals surface area contributed by atoms with E-state index < -0.39 is 0 Å². The fourth-order valence-corrected chi connectivity index (χ4v) is 3.24. The molecule has 0 aromatic heterocycles. The van der Waals surface area contributed by atoms with E-state index in [-0.39, 0.29) is 5.82 Å². The van der Waals surface area contributed by atoms with Crippen molar-refractivity contribution in [1.82, 2.24) is 4.90 Å². The number of hydrogen-bond acceptors (Lipinski definition) is 3. The monoisotopic (exact) mass is 292 g/mol. The summed E-state index contributed by atoms with van der Waals surface area (Å²) in [6.07, 6.45) is 5.43. The second-order valence-corrected chi connectivity index (χ2v) is 6.08. The zero-order valence-corrected chi connectivity index (χ0v) is 12.6. The van der Waals surface area contributed by atoms with Gasteiger partial charge < -0.3 is 9.64 Å².